The molecule has 1 aromatic heterocycles. The highest BCUT2D eigenvalue weighted by Crippen LogP contribution is 2.37. The zero-order chi connectivity index (χ0) is 27.4. The van der Waals surface area contributed by atoms with Crippen LogP contribution in [0.15, 0.2) is 71.9 Å². The number of hydrogen-bond donors (Lipinski definition) is 1. The van der Waals surface area contributed by atoms with Gasteiger partial charge >= 0.3 is 6.18 Å². The highest BCUT2D eigenvalue weighted by Gasteiger charge is 2.39. The van der Waals surface area contributed by atoms with E-state index in [9.17, 15) is 21.6 Å². The molecule has 0 spiro atoms. The molecule has 0 unspecified atom stereocenters. The maximum absolute atomic E-state index is 15.1. The standard InChI is InChI=1S/C28H24F4N4O2S/c29-25-13-19(12-24-26(25)33-16-34-27(24)35-21-7-8-21)18-4-1-3-17(11-18)15-36(22-9-10-22)39(37,38)23-6-2-5-20(14-23)28(30,31)32/h1-6,11-14,16,21-22H,7-10,15H2,(H,33,34,35). The number of fused-ring (bicyclic) bond motifs is 1. The highest BCUT2D eigenvalue weighted by molar-refractivity contribution is 7.89. The van der Waals surface area contributed by atoms with Crippen molar-refractivity contribution in [1.29, 1.82) is 0 Å². The van der Waals surface area contributed by atoms with Crippen LogP contribution in [0.1, 0.15) is 36.8 Å². The first-order chi connectivity index (χ1) is 18.6. The fraction of sp³-hybridized carbons (Fsp3) is 0.286. The third kappa shape index (κ3) is 5.33. The normalized spacial score (nSPS) is 16.1. The number of anilines is 1. The third-order valence-electron chi connectivity index (χ3n) is 6.93. The van der Waals surface area contributed by atoms with Gasteiger partial charge in [0.2, 0.25) is 10.0 Å². The largest absolute Gasteiger partial charge is 0.416 e. The SMILES string of the molecule is O=S(=O)(c1cccc(C(F)(F)F)c1)N(Cc1cccc(-c2cc(F)c3ncnc(NC4CC4)c3c2)c1)C1CC1. The van der Waals surface area contributed by atoms with Crippen LogP contribution < -0.4 is 5.32 Å². The van der Waals surface area contributed by atoms with Gasteiger partial charge in [-0.1, -0.05) is 24.3 Å². The molecule has 2 saturated carbocycles. The minimum Gasteiger partial charge on any atom is -0.367 e. The first kappa shape index (κ1) is 25.7. The Kier molecular flexibility index (Phi) is 6.30. The Hall–Kier alpha value is -3.57. The van der Waals surface area contributed by atoms with E-state index in [1.165, 1.54) is 22.8 Å². The molecule has 3 aromatic carbocycles. The van der Waals surface area contributed by atoms with E-state index in [0.717, 1.165) is 25.0 Å². The van der Waals surface area contributed by atoms with Crippen molar-refractivity contribution in [1.82, 2.24) is 14.3 Å². The second kappa shape index (κ2) is 9.56. The van der Waals surface area contributed by atoms with Crippen molar-refractivity contribution < 1.29 is 26.0 Å². The summed E-state index contributed by atoms with van der Waals surface area (Å²) in [6.07, 6.45) is -0.0193. The Morgan fingerprint density at radius 2 is 1.69 bits per heavy atom. The van der Waals surface area contributed by atoms with Crippen molar-refractivity contribution in [3.05, 3.63) is 83.9 Å². The number of halogens is 4. The van der Waals surface area contributed by atoms with E-state index in [2.05, 4.69) is 15.3 Å². The lowest BCUT2D eigenvalue weighted by Crippen LogP contribution is -2.32. The second-order valence-electron chi connectivity index (χ2n) is 10.0. The average molecular weight is 557 g/mol. The fourth-order valence-electron chi connectivity index (χ4n) is 4.60. The van der Waals surface area contributed by atoms with Gasteiger partial charge in [-0.15, -0.1) is 0 Å². The van der Waals surface area contributed by atoms with Gasteiger partial charge < -0.3 is 5.32 Å². The van der Waals surface area contributed by atoms with Crippen LogP contribution in [0.5, 0.6) is 0 Å². The Labute approximate surface area is 222 Å². The maximum Gasteiger partial charge on any atom is 0.416 e. The molecule has 1 heterocycles. The average Bonchev–Trinajstić information content (AvgIpc) is 3.83. The van der Waals surface area contributed by atoms with Crippen LogP contribution >= 0.6 is 0 Å². The highest BCUT2D eigenvalue weighted by atomic mass is 32.2. The zero-order valence-electron chi connectivity index (χ0n) is 20.6. The minimum absolute atomic E-state index is 0.0231. The number of nitrogens with one attached hydrogen (secondary N) is 1. The van der Waals surface area contributed by atoms with Crippen LogP contribution in [-0.4, -0.2) is 34.8 Å². The van der Waals surface area contributed by atoms with Crippen molar-refractivity contribution in [3.63, 3.8) is 0 Å². The van der Waals surface area contributed by atoms with Crippen LogP contribution in [-0.2, 0) is 22.7 Å². The first-order valence-electron chi connectivity index (χ1n) is 12.6. The topological polar surface area (TPSA) is 75.2 Å². The summed E-state index contributed by atoms with van der Waals surface area (Å²) in [6.45, 7) is -0.0231. The molecule has 2 fully saturated rings. The van der Waals surface area contributed by atoms with Gasteiger partial charge in [-0.05, 0) is 78.8 Å². The van der Waals surface area contributed by atoms with Crippen LogP contribution in [0, 0.1) is 5.82 Å². The molecule has 6 rings (SSSR count). The molecule has 6 nitrogen and oxygen atoms in total. The number of benzene rings is 3. The molecular weight excluding hydrogens is 532 g/mol. The van der Waals surface area contributed by atoms with Gasteiger partial charge in [0.15, 0.2) is 0 Å². The molecular formula is C28H24F4N4O2S. The molecule has 202 valence electrons. The first-order valence-corrected chi connectivity index (χ1v) is 14.0. The Bertz CT molecular complexity index is 1670. The van der Waals surface area contributed by atoms with Crippen LogP contribution in [0.3, 0.4) is 0 Å². The van der Waals surface area contributed by atoms with Gasteiger partial charge in [0.1, 0.15) is 23.5 Å². The van der Waals surface area contributed by atoms with Crippen molar-refractivity contribution in [2.45, 2.75) is 55.4 Å². The molecule has 0 saturated heterocycles. The number of alkyl halides is 3. The Morgan fingerprint density at radius 1 is 0.923 bits per heavy atom. The van der Waals surface area contributed by atoms with Gasteiger partial charge in [0, 0.05) is 24.0 Å². The summed E-state index contributed by atoms with van der Waals surface area (Å²) in [5.41, 5.74) is 1.08. The van der Waals surface area contributed by atoms with Crippen molar-refractivity contribution in [3.8, 4) is 11.1 Å². The van der Waals surface area contributed by atoms with Gasteiger partial charge in [0.25, 0.3) is 0 Å². The number of aromatic nitrogens is 2. The molecule has 11 heteroatoms. The van der Waals surface area contributed by atoms with Crippen LogP contribution in [0.2, 0.25) is 0 Å². The van der Waals surface area contributed by atoms with Crippen molar-refractivity contribution >= 4 is 26.7 Å². The minimum atomic E-state index is -4.65. The number of nitrogens with zero attached hydrogens (tertiary/aromatic N) is 3. The molecule has 2 aliphatic rings. The van der Waals surface area contributed by atoms with E-state index in [0.29, 0.717) is 52.8 Å². The van der Waals surface area contributed by atoms with E-state index < -0.39 is 32.5 Å². The molecule has 4 aromatic rings. The summed E-state index contributed by atoms with van der Waals surface area (Å²) < 4.78 is 83.0. The van der Waals surface area contributed by atoms with Crippen molar-refractivity contribution in [2.75, 3.05) is 5.32 Å². The lowest BCUT2D eigenvalue weighted by Gasteiger charge is -2.23. The number of sulfonamides is 1. The summed E-state index contributed by atoms with van der Waals surface area (Å²) >= 11 is 0. The Morgan fingerprint density at radius 3 is 2.41 bits per heavy atom. The summed E-state index contributed by atoms with van der Waals surface area (Å²) in [5.74, 6) is 0.0624. The molecule has 0 bridgehead atoms. The second-order valence-corrected chi connectivity index (χ2v) is 11.9. The summed E-state index contributed by atoms with van der Waals surface area (Å²) in [6, 6.07) is 14.1. The summed E-state index contributed by atoms with van der Waals surface area (Å²) in [5, 5.41) is 3.86. The van der Waals surface area contributed by atoms with Crippen LogP contribution in [0.25, 0.3) is 22.0 Å². The molecule has 1 N–H and O–H groups in total. The predicted octanol–water partition coefficient (Wildman–Crippen LogP) is 6.38. The molecule has 0 radical (unpaired) electrons. The number of rotatable bonds is 8. The monoisotopic (exact) mass is 556 g/mol. The quantitative estimate of drug-likeness (QED) is 0.255. The molecule has 39 heavy (non-hydrogen) atoms. The fourth-order valence-corrected chi connectivity index (χ4v) is 6.32. The predicted molar refractivity (Wildman–Crippen MR) is 139 cm³/mol. The molecule has 2 aliphatic carbocycles. The lowest BCUT2D eigenvalue weighted by molar-refractivity contribution is -0.137. The lowest BCUT2D eigenvalue weighted by atomic mass is 10.0. The van der Waals surface area contributed by atoms with Crippen LogP contribution in [0.4, 0.5) is 23.4 Å². The van der Waals surface area contributed by atoms with Gasteiger partial charge in [0.05, 0.1) is 10.5 Å². The van der Waals surface area contributed by atoms with Gasteiger partial charge in [-0.25, -0.2) is 22.8 Å². The molecule has 0 atom stereocenters. The third-order valence-corrected chi connectivity index (χ3v) is 8.83. The summed E-state index contributed by atoms with van der Waals surface area (Å²) in [7, 11) is -4.19. The van der Waals surface area contributed by atoms with E-state index in [1.54, 1.807) is 30.3 Å². The smallest absolute Gasteiger partial charge is 0.367 e. The van der Waals surface area contributed by atoms with Gasteiger partial charge in [-0.2, -0.15) is 17.5 Å². The van der Waals surface area contributed by atoms with E-state index >= 15 is 4.39 Å². The zero-order valence-corrected chi connectivity index (χ0v) is 21.4. The molecule has 0 aliphatic heterocycles. The summed E-state index contributed by atoms with van der Waals surface area (Å²) in [4.78, 5) is 7.99. The Balaban J connectivity index is 1.33. The van der Waals surface area contributed by atoms with E-state index in [1.807, 2.05) is 0 Å². The molecule has 0 amide bonds. The van der Waals surface area contributed by atoms with E-state index in [-0.39, 0.29) is 18.1 Å². The van der Waals surface area contributed by atoms with Crippen molar-refractivity contribution in [2.24, 2.45) is 0 Å². The maximum atomic E-state index is 15.1. The number of hydrogen-bond acceptors (Lipinski definition) is 5. The van der Waals surface area contributed by atoms with Gasteiger partial charge in [-0.3, -0.25) is 0 Å². The van der Waals surface area contributed by atoms with E-state index in [4.69, 9.17) is 0 Å².